The van der Waals surface area contributed by atoms with Crippen LogP contribution in [-0.2, 0) is 14.3 Å². The van der Waals surface area contributed by atoms with E-state index in [9.17, 15) is 9.59 Å². The average Bonchev–Trinajstić information content (AvgIpc) is 2.53. The lowest BCUT2D eigenvalue weighted by atomic mass is 9.69. The Kier molecular flexibility index (Phi) is 6.53. The Morgan fingerprint density at radius 1 is 1.04 bits per heavy atom. The number of likely N-dealkylation sites (tertiary alicyclic amines) is 1. The summed E-state index contributed by atoms with van der Waals surface area (Å²) in [4.78, 5) is 26.3. The lowest BCUT2D eigenvalue weighted by Gasteiger charge is -2.40. The largest absolute Gasteiger partial charge is 0.466 e. The number of nitrogens with zero attached hydrogens (tertiary/aromatic N) is 1. The number of hydrogen-bond donors (Lipinski definition) is 0. The van der Waals surface area contributed by atoms with Crippen LogP contribution < -0.4 is 0 Å². The van der Waals surface area contributed by atoms with Crippen LogP contribution in [0.4, 0.5) is 4.79 Å². The highest BCUT2D eigenvalue weighted by molar-refractivity contribution is 5.73. The Bertz CT molecular complexity index is 435. The summed E-state index contributed by atoms with van der Waals surface area (Å²) >= 11 is 0. The first-order valence-electron chi connectivity index (χ1n) is 9.46. The van der Waals surface area contributed by atoms with Crippen molar-refractivity contribution in [3.05, 3.63) is 0 Å². The van der Waals surface area contributed by atoms with E-state index in [-0.39, 0.29) is 18.0 Å². The van der Waals surface area contributed by atoms with Gasteiger partial charge in [0.1, 0.15) is 5.60 Å². The van der Waals surface area contributed by atoms with E-state index in [1.165, 1.54) is 6.42 Å². The smallest absolute Gasteiger partial charge is 0.410 e. The van der Waals surface area contributed by atoms with Gasteiger partial charge in [-0.3, -0.25) is 4.79 Å². The fraction of sp³-hybridized carbons (Fsp3) is 0.895. The maximum atomic E-state index is 12.3. The molecule has 2 atom stereocenters. The second-order valence-electron chi connectivity index (χ2n) is 8.11. The number of carbonyl (C=O) groups excluding carboxylic acids is 2. The number of carbonyl (C=O) groups is 2. The monoisotopic (exact) mass is 339 g/mol. The molecule has 0 aromatic carbocycles. The van der Waals surface area contributed by atoms with Crippen LogP contribution in [0.5, 0.6) is 0 Å². The Hall–Kier alpha value is -1.26. The van der Waals surface area contributed by atoms with E-state index < -0.39 is 5.60 Å². The zero-order valence-electron chi connectivity index (χ0n) is 15.7. The minimum atomic E-state index is -0.452. The molecule has 0 spiro atoms. The van der Waals surface area contributed by atoms with Crippen molar-refractivity contribution < 1.29 is 19.1 Å². The summed E-state index contributed by atoms with van der Waals surface area (Å²) in [5, 5.41) is 0. The number of rotatable bonds is 3. The number of esters is 1. The zero-order valence-corrected chi connectivity index (χ0v) is 15.7. The second-order valence-corrected chi connectivity index (χ2v) is 8.11. The van der Waals surface area contributed by atoms with E-state index in [4.69, 9.17) is 9.47 Å². The number of piperidine rings is 1. The Labute approximate surface area is 146 Å². The van der Waals surface area contributed by atoms with Gasteiger partial charge in [-0.05, 0) is 65.2 Å². The summed E-state index contributed by atoms with van der Waals surface area (Å²) in [6.45, 7) is 9.46. The fourth-order valence-corrected chi connectivity index (χ4v) is 4.10. The van der Waals surface area contributed by atoms with E-state index in [1.807, 2.05) is 32.6 Å². The molecule has 5 nitrogen and oxygen atoms in total. The van der Waals surface area contributed by atoms with Crippen molar-refractivity contribution in [1.29, 1.82) is 0 Å². The van der Waals surface area contributed by atoms with Crippen LogP contribution in [-0.4, -0.2) is 42.3 Å². The third-order valence-corrected chi connectivity index (χ3v) is 5.21. The molecule has 0 bridgehead atoms. The van der Waals surface area contributed by atoms with Crippen LogP contribution in [0.3, 0.4) is 0 Å². The Balaban J connectivity index is 1.90. The SMILES string of the molecule is CCOC(=O)[C@H]1CCCC[C@H]1C1CCN(C(=O)OC(C)(C)C)CC1. The van der Waals surface area contributed by atoms with Gasteiger partial charge in [0.25, 0.3) is 0 Å². The van der Waals surface area contributed by atoms with Crippen LogP contribution in [0.1, 0.15) is 66.2 Å². The van der Waals surface area contributed by atoms with E-state index in [2.05, 4.69) is 0 Å². The van der Waals surface area contributed by atoms with E-state index in [0.29, 0.717) is 18.4 Å². The van der Waals surface area contributed by atoms with E-state index in [0.717, 1.165) is 45.2 Å². The van der Waals surface area contributed by atoms with Gasteiger partial charge < -0.3 is 14.4 Å². The van der Waals surface area contributed by atoms with Gasteiger partial charge in [0.05, 0.1) is 12.5 Å². The molecule has 1 heterocycles. The summed E-state index contributed by atoms with van der Waals surface area (Å²) in [5.74, 6) is 0.963. The molecule has 2 fully saturated rings. The third kappa shape index (κ3) is 5.12. The molecule has 0 aromatic rings. The lowest BCUT2D eigenvalue weighted by Crippen LogP contribution is -2.44. The molecular weight excluding hydrogens is 306 g/mol. The Morgan fingerprint density at radius 2 is 1.67 bits per heavy atom. The maximum absolute atomic E-state index is 12.3. The van der Waals surface area contributed by atoms with Gasteiger partial charge >= 0.3 is 12.1 Å². The molecule has 1 saturated heterocycles. The van der Waals surface area contributed by atoms with Crippen molar-refractivity contribution in [2.75, 3.05) is 19.7 Å². The predicted octanol–water partition coefficient (Wildman–Crippen LogP) is 4.00. The lowest BCUT2D eigenvalue weighted by molar-refractivity contribution is -0.152. The van der Waals surface area contributed by atoms with Crippen molar-refractivity contribution in [3.63, 3.8) is 0 Å². The first kappa shape index (κ1) is 19.1. The van der Waals surface area contributed by atoms with Crippen LogP contribution in [0.25, 0.3) is 0 Å². The summed E-state index contributed by atoms with van der Waals surface area (Å²) in [7, 11) is 0. The molecule has 0 radical (unpaired) electrons. The summed E-state index contributed by atoms with van der Waals surface area (Å²) in [6, 6.07) is 0. The van der Waals surface area contributed by atoms with Crippen molar-refractivity contribution in [3.8, 4) is 0 Å². The minimum Gasteiger partial charge on any atom is -0.466 e. The zero-order chi connectivity index (χ0) is 17.7. The molecule has 2 aliphatic rings. The van der Waals surface area contributed by atoms with Gasteiger partial charge in [-0.15, -0.1) is 0 Å². The van der Waals surface area contributed by atoms with Gasteiger partial charge in [0.2, 0.25) is 0 Å². The molecule has 1 amide bonds. The van der Waals surface area contributed by atoms with Gasteiger partial charge in [-0.2, -0.15) is 0 Å². The first-order valence-corrected chi connectivity index (χ1v) is 9.46. The van der Waals surface area contributed by atoms with Crippen molar-refractivity contribution in [2.24, 2.45) is 17.8 Å². The minimum absolute atomic E-state index is 0.0169. The van der Waals surface area contributed by atoms with E-state index >= 15 is 0 Å². The topological polar surface area (TPSA) is 55.8 Å². The normalized spacial score (nSPS) is 26.1. The first-order chi connectivity index (χ1) is 11.3. The molecule has 2 rings (SSSR count). The highest BCUT2D eigenvalue weighted by Crippen LogP contribution is 2.40. The maximum Gasteiger partial charge on any atom is 0.410 e. The van der Waals surface area contributed by atoms with Gasteiger partial charge in [-0.1, -0.05) is 12.8 Å². The van der Waals surface area contributed by atoms with Crippen molar-refractivity contribution in [1.82, 2.24) is 4.90 Å². The summed E-state index contributed by atoms with van der Waals surface area (Å²) in [5.41, 5.74) is -0.452. The van der Waals surface area contributed by atoms with E-state index in [1.54, 1.807) is 0 Å². The summed E-state index contributed by atoms with van der Waals surface area (Å²) in [6.07, 6.45) is 6.09. The van der Waals surface area contributed by atoms with Gasteiger partial charge in [-0.25, -0.2) is 4.79 Å². The second kappa shape index (κ2) is 8.21. The molecule has 1 saturated carbocycles. The molecule has 5 heteroatoms. The Morgan fingerprint density at radius 3 is 2.25 bits per heavy atom. The van der Waals surface area contributed by atoms with Gasteiger partial charge in [0.15, 0.2) is 0 Å². The molecule has 1 aliphatic heterocycles. The standard InChI is InChI=1S/C19H33NO4/c1-5-23-17(21)16-9-7-6-8-15(16)14-10-12-20(13-11-14)18(22)24-19(2,3)4/h14-16H,5-13H2,1-4H3/t15-,16-/m0/s1. The van der Waals surface area contributed by atoms with Crippen LogP contribution >= 0.6 is 0 Å². The molecule has 0 aromatic heterocycles. The van der Waals surface area contributed by atoms with Crippen LogP contribution in [0.15, 0.2) is 0 Å². The molecule has 138 valence electrons. The summed E-state index contributed by atoms with van der Waals surface area (Å²) < 4.78 is 10.8. The quantitative estimate of drug-likeness (QED) is 0.729. The number of hydrogen-bond acceptors (Lipinski definition) is 4. The third-order valence-electron chi connectivity index (χ3n) is 5.21. The molecule has 24 heavy (non-hydrogen) atoms. The highest BCUT2D eigenvalue weighted by atomic mass is 16.6. The average molecular weight is 339 g/mol. The predicted molar refractivity (Wildman–Crippen MR) is 92.6 cm³/mol. The highest BCUT2D eigenvalue weighted by Gasteiger charge is 2.39. The van der Waals surface area contributed by atoms with Crippen molar-refractivity contribution in [2.45, 2.75) is 71.8 Å². The van der Waals surface area contributed by atoms with Gasteiger partial charge in [0, 0.05) is 13.1 Å². The van der Waals surface area contributed by atoms with Crippen LogP contribution in [0, 0.1) is 17.8 Å². The molecule has 0 N–H and O–H groups in total. The number of amides is 1. The molecule has 0 unspecified atom stereocenters. The van der Waals surface area contributed by atoms with Crippen LogP contribution in [0.2, 0.25) is 0 Å². The molecule has 1 aliphatic carbocycles. The number of ether oxygens (including phenoxy) is 2. The molecular formula is C19H33NO4. The fourth-order valence-electron chi connectivity index (χ4n) is 4.10. The van der Waals surface area contributed by atoms with Crippen molar-refractivity contribution >= 4 is 12.1 Å².